The number of amides is 1. The SMILES string of the molecule is CNC1C(=O)Nc2cc(N3CCCCC3CO)c(Br)cc21. The van der Waals surface area contributed by atoms with Crippen molar-refractivity contribution in [2.75, 3.05) is 30.4 Å². The third-order valence-corrected chi connectivity index (χ3v) is 5.02. The Morgan fingerprint density at radius 3 is 3.00 bits per heavy atom. The van der Waals surface area contributed by atoms with Crippen LogP contribution in [-0.4, -0.2) is 37.3 Å². The zero-order valence-electron chi connectivity index (χ0n) is 12.0. The van der Waals surface area contributed by atoms with Crippen molar-refractivity contribution in [1.82, 2.24) is 5.32 Å². The van der Waals surface area contributed by atoms with Gasteiger partial charge in [0.15, 0.2) is 0 Å². The maximum atomic E-state index is 11.9. The number of fused-ring (bicyclic) bond motifs is 1. The first-order valence-corrected chi connectivity index (χ1v) is 8.14. The van der Waals surface area contributed by atoms with Crippen LogP contribution in [0.15, 0.2) is 16.6 Å². The molecular weight excluding hydrogens is 334 g/mol. The van der Waals surface area contributed by atoms with Crippen molar-refractivity contribution in [2.45, 2.75) is 31.3 Å². The van der Waals surface area contributed by atoms with Crippen molar-refractivity contribution in [3.05, 3.63) is 22.2 Å². The third-order valence-electron chi connectivity index (χ3n) is 4.39. The standard InChI is InChI=1S/C15H20BrN3O2/c1-17-14-10-6-11(16)13(7-12(10)18-15(14)21)19-5-3-2-4-9(19)8-20/h6-7,9,14,17,20H,2-5,8H2,1H3,(H,18,21). The van der Waals surface area contributed by atoms with Crippen LogP contribution in [0.3, 0.4) is 0 Å². The van der Waals surface area contributed by atoms with E-state index in [-0.39, 0.29) is 24.6 Å². The summed E-state index contributed by atoms with van der Waals surface area (Å²) in [4.78, 5) is 14.2. The van der Waals surface area contributed by atoms with Crippen LogP contribution in [0.4, 0.5) is 11.4 Å². The van der Waals surface area contributed by atoms with Gasteiger partial charge in [0, 0.05) is 22.3 Å². The second-order valence-corrected chi connectivity index (χ2v) is 6.48. The first-order chi connectivity index (χ1) is 10.2. The minimum Gasteiger partial charge on any atom is -0.394 e. The minimum atomic E-state index is -0.291. The van der Waals surface area contributed by atoms with E-state index in [9.17, 15) is 9.90 Å². The summed E-state index contributed by atoms with van der Waals surface area (Å²) in [6.45, 7) is 1.10. The van der Waals surface area contributed by atoms with E-state index in [1.807, 2.05) is 12.1 Å². The summed E-state index contributed by atoms with van der Waals surface area (Å²) in [5, 5.41) is 15.5. The predicted molar refractivity (Wildman–Crippen MR) is 86.6 cm³/mol. The molecule has 1 amide bonds. The highest BCUT2D eigenvalue weighted by Gasteiger charge is 2.32. The number of anilines is 2. The topological polar surface area (TPSA) is 64.6 Å². The van der Waals surface area contributed by atoms with Crippen LogP contribution < -0.4 is 15.5 Å². The van der Waals surface area contributed by atoms with Crippen molar-refractivity contribution in [1.29, 1.82) is 0 Å². The van der Waals surface area contributed by atoms with E-state index in [4.69, 9.17) is 0 Å². The van der Waals surface area contributed by atoms with Gasteiger partial charge in [0.2, 0.25) is 5.91 Å². The maximum Gasteiger partial charge on any atom is 0.246 e. The Balaban J connectivity index is 1.98. The number of benzene rings is 1. The molecule has 2 unspecified atom stereocenters. The molecule has 0 saturated carbocycles. The van der Waals surface area contributed by atoms with Crippen LogP contribution in [0.25, 0.3) is 0 Å². The van der Waals surface area contributed by atoms with E-state index in [1.165, 1.54) is 0 Å². The second-order valence-electron chi connectivity index (χ2n) is 5.63. The Bertz CT molecular complexity index is 564. The molecule has 0 aliphatic carbocycles. The van der Waals surface area contributed by atoms with Crippen molar-refractivity contribution < 1.29 is 9.90 Å². The molecular formula is C15H20BrN3O2. The number of carbonyl (C=O) groups is 1. The lowest BCUT2D eigenvalue weighted by molar-refractivity contribution is -0.117. The van der Waals surface area contributed by atoms with Crippen LogP contribution >= 0.6 is 15.9 Å². The van der Waals surface area contributed by atoms with Gasteiger partial charge in [-0.2, -0.15) is 0 Å². The first kappa shape index (κ1) is 14.8. The molecule has 1 aromatic rings. The first-order valence-electron chi connectivity index (χ1n) is 7.34. The number of aliphatic hydroxyl groups is 1. The van der Waals surface area contributed by atoms with Gasteiger partial charge < -0.3 is 20.6 Å². The van der Waals surface area contributed by atoms with Crippen LogP contribution in [0.1, 0.15) is 30.9 Å². The number of hydrogen-bond donors (Lipinski definition) is 3. The number of likely N-dealkylation sites (N-methyl/N-ethyl adjacent to an activating group) is 1. The molecule has 5 nitrogen and oxygen atoms in total. The number of carbonyl (C=O) groups excluding carboxylic acids is 1. The molecule has 0 spiro atoms. The molecule has 0 radical (unpaired) electrons. The van der Waals surface area contributed by atoms with Gasteiger partial charge >= 0.3 is 0 Å². The maximum absolute atomic E-state index is 11.9. The van der Waals surface area contributed by atoms with Crippen molar-refractivity contribution in [3.63, 3.8) is 0 Å². The lowest BCUT2D eigenvalue weighted by atomic mass is 10.0. The van der Waals surface area contributed by atoms with Gasteiger partial charge in [-0.25, -0.2) is 0 Å². The molecule has 2 aliphatic rings. The number of nitrogens with one attached hydrogen (secondary N) is 2. The van der Waals surface area contributed by atoms with Gasteiger partial charge in [-0.3, -0.25) is 4.79 Å². The Morgan fingerprint density at radius 2 is 2.29 bits per heavy atom. The van der Waals surface area contributed by atoms with E-state index < -0.39 is 0 Å². The van der Waals surface area contributed by atoms with Crippen molar-refractivity contribution in [3.8, 4) is 0 Å². The zero-order chi connectivity index (χ0) is 15.0. The Labute approximate surface area is 132 Å². The van der Waals surface area contributed by atoms with Crippen molar-refractivity contribution >= 4 is 33.2 Å². The molecule has 2 heterocycles. The Hall–Kier alpha value is -1.11. The molecule has 114 valence electrons. The monoisotopic (exact) mass is 353 g/mol. The highest BCUT2D eigenvalue weighted by molar-refractivity contribution is 9.10. The van der Waals surface area contributed by atoms with Crippen LogP contribution in [0.2, 0.25) is 0 Å². The number of halogens is 1. The quantitative estimate of drug-likeness (QED) is 0.777. The summed E-state index contributed by atoms with van der Waals surface area (Å²) in [5.74, 6) is -0.0195. The number of piperidine rings is 1. The molecule has 21 heavy (non-hydrogen) atoms. The summed E-state index contributed by atoms with van der Waals surface area (Å²) < 4.78 is 0.971. The molecule has 0 aromatic heterocycles. The molecule has 3 N–H and O–H groups in total. The minimum absolute atomic E-state index is 0.0195. The van der Waals surface area contributed by atoms with Crippen molar-refractivity contribution in [2.24, 2.45) is 0 Å². The summed E-state index contributed by atoms with van der Waals surface area (Å²) in [5.41, 5.74) is 2.88. The van der Waals surface area contributed by atoms with Gasteiger partial charge in [0.1, 0.15) is 6.04 Å². The molecule has 3 rings (SSSR count). The van der Waals surface area contributed by atoms with E-state index in [0.717, 1.165) is 47.2 Å². The summed E-state index contributed by atoms with van der Waals surface area (Å²) >= 11 is 3.63. The Kier molecular flexibility index (Phi) is 4.19. The van der Waals surface area contributed by atoms with E-state index in [2.05, 4.69) is 31.5 Å². The summed E-state index contributed by atoms with van der Waals surface area (Å²) in [6, 6.07) is 3.89. The lowest BCUT2D eigenvalue weighted by Crippen LogP contribution is -2.42. The molecule has 2 atom stereocenters. The van der Waals surface area contributed by atoms with Crippen LogP contribution in [0, 0.1) is 0 Å². The Morgan fingerprint density at radius 1 is 1.48 bits per heavy atom. The van der Waals surface area contributed by atoms with Gasteiger partial charge in [-0.05, 0) is 54.4 Å². The van der Waals surface area contributed by atoms with Crippen LogP contribution in [0.5, 0.6) is 0 Å². The highest BCUT2D eigenvalue weighted by Crippen LogP contribution is 2.40. The lowest BCUT2D eigenvalue weighted by Gasteiger charge is -2.37. The average molecular weight is 354 g/mol. The summed E-state index contributed by atoms with van der Waals surface area (Å²) in [6.07, 6.45) is 3.29. The fraction of sp³-hybridized carbons (Fsp3) is 0.533. The largest absolute Gasteiger partial charge is 0.394 e. The van der Waals surface area contributed by atoms with Gasteiger partial charge in [0.05, 0.1) is 18.3 Å². The molecule has 1 saturated heterocycles. The zero-order valence-corrected chi connectivity index (χ0v) is 13.6. The average Bonchev–Trinajstić information content (AvgIpc) is 2.80. The molecule has 6 heteroatoms. The van der Waals surface area contributed by atoms with E-state index >= 15 is 0 Å². The number of hydrogen-bond acceptors (Lipinski definition) is 4. The molecule has 1 fully saturated rings. The van der Waals surface area contributed by atoms with Crippen LogP contribution in [-0.2, 0) is 4.79 Å². The smallest absolute Gasteiger partial charge is 0.246 e. The highest BCUT2D eigenvalue weighted by atomic mass is 79.9. The van der Waals surface area contributed by atoms with Gasteiger partial charge in [-0.1, -0.05) is 0 Å². The molecule has 0 bridgehead atoms. The van der Waals surface area contributed by atoms with Gasteiger partial charge in [0.25, 0.3) is 0 Å². The summed E-state index contributed by atoms with van der Waals surface area (Å²) in [7, 11) is 1.79. The number of aliphatic hydroxyl groups excluding tert-OH is 1. The fourth-order valence-corrected chi connectivity index (χ4v) is 3.87. The van der Waals surface area contributed by atoms with E-state index in [1.54, 1.807) is 7.05 Å². The van der Waals surface area contributed by atoms with E-state index in [0.29, 0.717) is 0 Å². The fourth-order valence-electron chi connectivity index (χ4n) is 3.28. The number of nitrogens with zero attached hydrogens (tertiary/aromatic N) is 1. The molecule has 1 aromatic carbocycles. The third kappa shape index (κ3) is 2.56. The predicted octanol–water partition coefficient (Wildman–Crippen LogP) is 2.01. The van der Waals surface area contributed by atoms with Gasteiger partial charge in [-0.15, -0.1) is 0 Å². The normalized spacial score (nSPS) is 24.9. The second kappa shape index (κ2) is 5.94. The molecule has 2 aliphatic heterocycles. The number of rotatable bonds is 3.